The summed E-state index contributed by atoms with van der Waals surface area (Å²) in [6.45, 7) is 3.71. The molecule has 1 amide bonds. The average molecular weight is 310 g/mol. The van der Waals surface area contributed by atoms with E-state index < -0.39 is 0 Å². The van der Waals surface area contributed by atoms with Crippen molar-refractivity contribution in [3.05, 3.63) is 47.5 Å². The Morgan fingerprint density at radius 3 is 3.09 bits per heavy atom. The van der Waals surface area contributed by atoms with Crippen LogP contribution in [0, 0.1) is 12.8 Å². The van der Waals surface area contributed by atoms with Crippen LogP contribution in [0.2, 0.25) is 0 Å². The van der Waals surface area contributed by atoms with E-state index in [9.17, 15) is 4.79 Å². The minimum atomic E-state index is 0.152. The molecule has 120 valence electrons. The van der Waals surface area contributed by atoms with E-state index in [1.165, 1.54) is 5.56 Å². The average Bonchev–Trinajstić information content (AvgIpc) is 3.29. The number of hydrogen-bond acceptors (Lipinski definition) is 3. The molecular formula is C18H22N4O. The highest BCUT2D eigenvalue weighted by molar-refractivity contribution is 5.83. The number of amides is 1. The van der Waals surface area contributed by atoms with Gasteiger partial charge in [0.1, 0.15) is 0 Å². The second-order valence-electron chi connectivity index (χ2n) is 6.83. The lowest BCUT2D eigenvalue weighted by Gasteiger charge is -2.32. The topological polar surface area (TPSA) is 61.9 Å². The fourth-order valence-corrected chi connectivity index (χ4v) is 3.73. The molecule has 3 atom stereocenters. The number of rotatable bonds is 3. The molecule has 3 heterocycles. The lowest BCUT2D eigenvalue weighted by Crippen LogP contribution is -2.40. The zero-order valence-corrected chi connectivity index (χ0v) is 13.4. The maximum atomic E-state index is 12.8. The highest BCUT2D eigenvalue weighted by Crippen LogP contribution is 2.48. The lowest BCUT2D eigenvalue weighted by atomic mass is 9.94. The first-order chi connectivity index (χ1) is 11.2. The number of pyridine rings is 1. The molecule has 5 nitrogen and oxygen atoms in total. The Kier molecular flexibility index (Phi) is 3.63. The van der Waals surface area contributed by atoms with E-state index in [1.54, 1.807) is 6.20 Å². The first-order valence-corrected chi connectivity index (χ1v) is 8.43. The Morgan fingerprint density at radius 2 is 2.35 bits per heavy atom. The summed E-state index contributed by atoms with van der Waals surface area (Å²) in [5.74, 6) is 1.20. The van der Waals surface area contributed by atoms with Crippen LogP contribution in [0.25, 0.3) is 0 Å². The quantitative estimate of drug-likeness (QED) is 0.948. The van der Waals surface area contributed by atoms with Gasteiger partial charge < -0.3 is 4.90 Å². The Hall–Kier alpha value is -2.17. The highest BCUT2D eigenvalue weighted by Gasteiger charge is 2.46. The Bertz CT molecular complexity index is 696. The maximum absolute atomic E-state index is 12.8. The molecule has 1 saturated heterocycles. The van der Waals surface area contributed by atoms with Gasteiger partial charge in [-0.1, -0.05) is 6.07 Å². The SMILES string of the molecule is Cc1cc([C@@H]2CCCN(C(=O)[C@H]3C[C@H]3c3cccnc3)C2)n[nH]1. The fourth-order valence-electron chi connectivity index (χ4n) is 3.73. The molecule has 0 radical (unpaired) electrons. The molecule has 0 aromatic carbocycles. The molecule has 5 heteroatoms. The van der Waals surface area contributed by atoms with Gasteiger partial charge in [-0.15, -0.1) is 0 Å². The van der Waals surface area contributed by atoms with E-state index in [0.717, 1.165) is 43.7 Å². The van der Waals surface area contributed by atoms with Crippen LogP contribution in [-0.4, -0.2) is 39.1 Å². The van der Waals surface area contributed by atoms with Crippen molar-refractivity contribution >= 4 is 5.91 Å². The van der Waals surface area contributed by atoms with Crippen LogP contribution in [0.3, 0.4) is 0 Å². The monoisotopic (exact) mass is 310 g/mol. The predicted octanol–water partition coefficient (Wildman–Crippen LogP) is 2.62. The largest absolute Gasteiger partial charge is 0.342 e. The standard InChI is InChI=1S/C18H22N4O/c1-12-8-17(21-20-12)14-5-3-7-22(11-14)18(23)16-9-15(16)13-4-2-6-19-10-13/h2,4,6,8,10,14-16H,3,5,7,9,11H2,1H3,(H,20,21)/t14-,15+,16+/m1/s1. The van der Waals surface area contributed by atoms with Gasteiger partial charge in [0.2, 0.25) is 5.91 Å². The Labute approximate surface area is 136 Å². The summed E-state index contributed by atoms with van der Waals surface area (Å²) < 4.78 is 0. The number of H-pyrrole nitrogens is 1. The van der Waals surface area contributed by atoms with Gasteiger partial charge in [-0.05, 0) is 49.8 Å². The number of aryl methyl sites for hydroxylation is 1. The normalized spacial score (nSPS) is 27.0. The van der Waals surface area contributed by atoms with Crippen LogP contribution in [0.5, 0.6) is 0 Å². The van der Waals surface area contributed by atoms with Gasteiger partial charge in [0, 0.05) is 43.0 Å². The second kappa shape index (κ2) is 5.80. The molecule has 1 N–H and O–H groups in total. The third-order valence-corrected chi connectivity index (χ3v) is 5.10. The zero-order valence-electron chi connectivity index (χ0n) is 13.4. The van der Waals surface area contributed by atoms with Crippen molar-refractivity contribution in [2.45, 2.75) is 38.0 Å². The van der Waals surface area contributed by atoms with E-state index in [0.29, 0.717) is 17.7 Å². The van der Waals surface area contributed by atoms with Crippen molar-refractivity contribution in [2.75, 3.05) is 13.1 Å². The molecule has 1 saturated carbocycles. The molecule has 0 unspecified atom stereocenters. The summed E-state index contributed by atoms with van der Waals surface area (Å²) in [4.78, 5) is 19.0. The number of hydrogen-bond donors (Lipinski definition) is 1. The number of likely N-dealkylation sites (tertiary alicyclic amines) is 1. The van der Waals surface area contributed by atoms with Gasteiger partial charge in [-0.2, -0.15) is 5.10 Å². The molecule has 1 aliphatic carbocycles. The molecule has 1 aliphatic heterocycles. The fraction of sp³-hybridized carbons (Fsp3) is 0.500. The van der Waals surface area contributed by atoms with E-state index >= 15 is 0 Å². The van der Waals surface area contributed by atoms with E-state index in [4.69, 9.17) is 0 Å². The van der Waals surface area contributed by atoms with Crippen LogP contribution in [0.4, 0.5) is 0 Å². The van der Waals surface area contributed by atoms with E-state index in [2.05, 4.69) is 32.2 Å². The smallest absolute Gasteiger partial charge is 0.226 e. The van der Waals surface area contributed by atoms with Gasteiger partial charge in [0.25, 0.3) is 0 Å². The number of carbonyl (C=O) groups excluding carboxylic acids is 1. The van der Waals surface area contributed by atoms with Gasteiger partial charge in [-0.3, -0.25) is 14.9 Å². The van der Waals surface area contributed by atoms with Gasteiger partial charge in [0.05, 0.1) is 5.69 Å². The van der Waals surface area contributed by atoms with Gasteiger partial charge in [-0.25, -0.2) is 0 Å². The first kappa shape index (κ1) is 14.4. The predicted molar refractivity (Wildman–Crippen MR) is 87.0 cm³/mol. The minimum Gasteiger partial charge on any atom is -0.342 e. The summed E-state index contributed by atoms with van der Waals surface area (Å²) >= 11 is 0. The van der Waals surface area contributed by atoms with Crippen LogP contribution in [0.1, 0.15) is 48.0 Å². The Morgan fingerprint density at radius 1 is 1.43 bits per heavy atom. The summed E-state index contributed by atoms with van der Waals surface area (Å²) in [7, 11) is 0. The number of nitrogens with one attached hydrogen (secondary N) is 1. The third kappa shape index (κ3) is 2.87. The summed E-state index contributed by atoms with van der Waals surface area (Å²) in [6, 6.07) is 6.14. The van der Waals surface area contributed by atoms with E-state index in [-0.39, 0.29) is 5.92 Å². The molecule has 23 heavy (non-hydrogen) atoms. The van der Waals surface area contributed by atoms with Crippen LogP contribution < -0.4 is 0 Å². The second-order valence-corrected chi connectivity index (χ2v) is 6.83. The summed E-state index contributed by atoms with van der Waals surface area (Å²) in [5.41, 5.74) is 3.38. The molecule has 2 aliphatic rings. The number of nitrogens with zero attached hydrogens (tertiary/aromatic N) is 3. The molecule has 0 spiro atoms. The van der Waals surface area contributed by atoms with Crippen molar-refractivity contribution < 1.29 is 4.79 Å². The van der Waals surface area contributed by atoms with Gasteiger partial charge >= 0.3 is 0 Å². The molecular weight excluding hydrogens is 288 g/mol. The van der Waals surface area contributed by atoms with Crippen LogP contribution in [-0.2, 0) is 4.79 Å². The molecule has 4 rings (SSSR count). The number of carbonyl (C=O) groups is 1. The third-order valence-electron chi connectivity index (χ3n) is 5.10. The number of piperidine rings is 1. The highest BCUT2D eigenvalue weighted by atomic mass is 16.2. The van der Waals surface area contributed by atoms with Crippen molar-refractivity contribution in [3.8, 4) is 0 Å². The molecule has 2 aromatic heterocycles. The summed E-state index contributed by atoms with van der Waals surface area (Å²) in [6.07, 6.45) is 6.82. The summed E-state index contributed by atoms with van der Waals surface area (Å²) in [5, 5.41) is 7.40. The molecule has 2 fully saturated rings. The van der Waals surface area contributed by atoms with Crippen molar-refractivity contribution in [3.63, 3.8) is 0 Å². The van der Waals surface area contributed by atoms with Crippen molar-refractivity contribution in [1.29, 1.82) is 0 Å². The van der Waals surface area contributed by atoms with Crippen LogP contribution >= 0.6 is 0 Å². The van der Waals surface area contributed by atoms with E-state index in [1.807, 2.05) is 19.2 Å². The van der Waals surface area contributed by atoms with Crippen molar-refractivity contribution in [1.82, 2.24) is 20.1 Å². The number of aromatic nitrogens is 3. The van der Waals surface area contributed by atoms with Gasteiger partial charge in [0.15, 0.2) is 0 Å². The van der Waals surface area contributed by atoms with Crippen molar-refractivity contribution in [2.24, 2.45) is 5.92 Å². The lowest BCUT2D eigenvalue weighted by molar-refractivity contribution is -0.133. The first-order valence-electron chi connectivity index (χ1n) is 8.43. The molecule has 0 bridgehead atoms. The maximum Gasteiger partial charge on any atom is 0.226 e. The van der Waals surface area contributed by atoms with Crippen LogP contribution in [0.15, 0.2) is 30.6 Å². The Balaban J connectivity index is 1.41. The zero-order chi connectivity index (χ0) is 15.8. The molecule has 2 aromatic rings. The minimum absolute atomic E-state index is 0.152. The number of aromatic amines is 1.